The lowest BCUT2D eigenvalue weighted by Crippen LogP contribution is -2.16. The van der Waals surface area contributed by atoms with E-state index in [-0.39, 0.29) is 17.6 Å². The standard InChI is InChI=1S/C20H24FNO/c21-17-13-9-10-14-18(17)22-20(23)19-15-11-7-5-3-1-2-4-6-8-12-16(15)19/h3-6,9-10,13-16,19H,1-2,7-8,11-12H2,(H,22,23)/b5-3+,6-4?. The number of carbonyl (C=O) groups excluding carboxylic acids is 1. The van der Waals surface area contributed by atoms with Gasteiger partial charge in [0.1, 0.15) is 5.82 Å². The highest BCUT2D eigenvalue weighted by atomic mass is 19.1. The highest BCUT2D eigenvalue weighted by molar-refractivity contribution is 5.95. The average Bonchev–Trinajstić information content (AvgIpc) is 3.22. The van der Waals surface area contributed by atoms with Gasteiger partial charge in [0.15, 0.2) is 0 Å². The van der Waals surface area contributed by atoms with Crippen LogP contribution in [0.4, 0.5) is 10.1 Å². The first-order chi connectivity index (χ1) is 11.3. The van der Waals surface area contributed by atoms with Crippen LogP contribution in [0.15, 0.2) is 48.6 Å². The van der Waals surface area contributed by atoms with Crippen LogP contribution >= 0.6 is 0 Å². The Labute approximate surface area is 137 Å². The van der Waals surface area contributed by atoms with E-state index in [4.69, 9.17) is 0 Å². The van der Waals surface area contributed by atoms with Crippen LogP contribution in [0.25, 0.3) is 0 Å². The molecule has 1 saturated carbocycles. The summed E-state index contributed by atoms with van der Waals surface area (Å²) in [5.41, 5.74) is 0.291. The second kappa shape index (κ2) is 7.58. The number of fused-ring (bicyclic) bond motifs is 1. The van der Waals surface area contributed by atoms with Crippen molar-refractivity contribution < 1.29 is 9.18 Å². The fourth-order valence-electron chi connectivity index (χ4n) is 3.64. The molecule has 0 radical (unpaired) electrons. The normalized spacial score (nSPS) is 28.8. The van der Waals surface area contributed by atoms with E-state index in [0.29, 0.717) is 17.5 Å². The topological polar surface area (TPSA) is 29.1 Å². The molecular formula is C20H24FNO. The maximum atomic E-state index is 13.7. The zero-order valence-electron chi connectivity index (χ0n) is 13.4. The van der Waals surface area contributed by atoms with Crippen LogP contribution < -0.4 is 5.32 Å². The van der Waals surface area contributed by atoms with Gasteiger partial charge in [-0.2, -0.15) is 0 Å². The van der Waals surface area contributed by atoms with Crippen molar-refractivity contribution in [3.05, 3.63) is 54.4 Å². The Morgan fingerprint density at radius 1 is 0.913 bits per heavy atom. The van der Waals surface area contributed by atoms with Gasteiger partial charge in [-0.15, -0.1) is 0 Å². The summed E-state index contributed by atoms with van der Waals surface area (Å²) in [4.78, 5) is 12.5. The minimum Gasteiger partial charge on any atom is -0.323 e. The van der Waals surface area contributed by atoms with Crippen LogP contribution in [0.3, 0.4) is 0 Å². The highest BCUT2D eigenvalue weighted by Gasteiger charge is 2.52. The molecule has 2 aliphatic rings. The third-order valence-corrected chi connectivity index (χ3v) is 4.93. The second-order valence-electron chi connectivity index (χ2n) is 6.50. The van der Waals surface area contributed by atoms with Crippen molar-refractivity contribution in [2.45, 2.75) is 38.5 Å². The van der Waals surface area contributed by atoms with Crippen molar-refractivity contribution in [3.8, 4) is 0 Å². The number of amides is 1. The van der Waals surface area contributed by atoms with Gasteiger partial charge in [0, 0.05) is 5.92 Å². The van der Waals surface area contributed by atoms with E-state index in [9.17, 15) is 9.18 Å². The molecule has 1 amide bonds. The van der Waals surface area contributed by atoms with Crippen LogP contribution in [0.1, 0.15) is 38.5 Å². The molecule has 1 aromatic carbocycles. The van der Waals surface area contributed by atoms with E-state index in [1.807, 2.05) is 0 Å². The molecule has 0 bridgehead atoms. The van der Waals surface area contributed by atoms with Gasteiger partial charge in [-0.1, -0.05) is 36.4 Å². The summed E-state index contributed by atoms with van der Waals surface area (Å²) in [6.07, 6.45) is 15.3. The van der Waals surface area contributed by atoms with E-state index in [1.165, 1.54) is 6.07 Å². The first-order valence-electron chi connectivity index (χ1n) is 8.63. The van der Waals surface area contributed by atoms with Crippen LogP contribution in [0, 0.1) is 23.6 Å². The second-order valence-corrected chi connectivity index (χ2v) is 6.50. The molecule has 3 atom stereocenters. The van der Waals surface area contributed by atoms with Crippen molar-refractivity contribution in [2.24, 2.45) is 17.8 Å². The summed E-state index contributed by atoms with van der Waals surface area (Å²) >= 11 is 0. The molecular weight excluding hydrogens is 289 g/mol. The van der Waals surface area contributed by atoms with E-state index >= 15 is 0 Å². The van der Waals surface area contributed by atoms with E-state index in [2.05, 4.69) is 29.6 Å². The lowest BCUT2D eigenvalue weighted by Gasteiger charge is -2.05. The van der Waals surface area contributed by atoms with Crippen molar-refractivity contribution in [3.63, 3.8) is 0 Å². The highest BCUT2D eigenvalue weighted by Crippen LogP contribution is 2.52. The van der Waals surface area contributed by atoms with E-state index in [1.54, 1.807) is 18.2 Å². The van der Waals surface area contributed by atoms with Crippen LogP contribution in [0.5, 0.6) is 0 Å². The lowest BCUT2D eigenvalue weighted by molar-refractivity contribution is -0.117. The van der Waals surface area contributed by atoms with Gasteiger partial charge in [-0.05, 0) is 62.5 Å². The van der Waals surface area contributed by atoms with Gasteiger partial charge in [0.25, 0.3) is 0 Å². The van der Waals surface area contributed by atoms with Crippen molar-refractivity contribution >= 4 is 11.6 Å². The predicted octanol–water partition coefficient (Wildman–Crippen LogP) is 5.09. The SMILES string of the molecule is O=C(Nc1ccccc1F)C1C2CCC=CCC/C=C/CCC21. The number of rotatable bonds is 2. The molecule has 122 valence electrons. The maximum absolute atomic E-state index is 13.7. The van der Waals surface area contributed by atoms with Gasteiger partial charge < -0.3 is 5.32 Å². The fraction of sp³-hybridized carbons (Fsp3) is 0.450. The quantitative estimate of drug-likeness (QED) is 0.757. The van der Waals surface area contributed by atoms with E-state index < -0.39 is 0 Å². The number of nitrogens with one attached hydrogen (secondary N) is 1. The molecule has 2 nitrogen and oxygen atoms in total. The van der Waals surface area contributed by atoms with Gasteiger partial charge in [-0.3, -0.25) is 4.79 Å². The van der Waals surface area contributed by atoms with Crippen molar-refractivity contribution in [2.75, 3.05) is 5.32 Å². The van der Waals surface area contributed by atoms with Gasteiger partial charge in [0.2, 0.25) is 5.91 Å². The van der Waals surface area contributed by atoms with Crippen molar-refractivity contribution in [1.29, 1.82) is 0 Å². The third kappa shape index (κ3) is 4.10. The third-order valence-electron chi connectivity index (χ3n) is 4.93. The van der Waals surface area contributed by atoms with Gasteiger partial charge in [0.05, 0.1) is 5.69 Å². The van der Waals surface area contributed by atoms with Crippen molar-refractivity contribution in [1.82, 2.24) is 0 Å². The summed E-state index contributed by atoms with van der Waals surface area (Å²) in [5.74, 6) is 0.537. The van der Waals surface area contributed by atoms with Crippen LogP contribution in [0.2, 0.25) is 0 Å². The van der Waals surface area contributed by atoms with Crippen LogP contribution in [-0.2, 0) is 4.79 Å². The molecule has 1 N–H and O–H groups in total. The molecule has 3 rings (SSSR count). The summed E-state index contributed by atoms with van der Waals surface area (Å²) < 4.78 is 13.7. The first kappa shape index (κ1) is 16.0. The number of halogens is 1. The summed E-state index contributed by atoms with van der Waals surface area (Å²) in [6.45, 7) is 0. The Kier molecular flexibility index (Phi) is 5.27. The minimum atomic E-state index is -0.369. The molecule has 1 aromatic rings. The Balaban J connectivity index is 1.63. The molecule has 1 fully saturated rings. The minimum absolute atomic E-state index is 0.0204. The Morgan fingerprint density at radius 2 is 1.48 bits per heavy atom. The molecule has 0 aliphatic heterocycles. The lowest BCUT2D eigenvalue weighted by atomic mass is 10.1. The zero-order valence-corrected chi connectivity index (χ0v) is 13.4. The smallest absolute Gasteiger partial charge is 0.228 e. The summed E-state index contributed by atoms with van der Waals surface area (Å²) in [7, 11) is 0. The number of carbonyl (C=O) groups is 1. The summed E-state index contributed by atoms with van der Waals surface area (Å²) in [6, 6.07) is 6.37. The largest absolute Gasteiger partial charge is 0.323 e. The van der Waals surface area contributed by atoms with Crippen LogP contribution in [-0.4, -0.2) is 5.91 Å². The summed E-state index contributed by atoms with van der Waals surface area (Å²) in [5, 5.41) is 2.78. The molecule has 0 heterocycles. The number of allylic oxidation sites excluding steroid dienone is 4. The molecule has 0 spiro atoms. The number of hydrogen-bond acceptors (Lipinski definition) is 1. The fourth-order valence-corrected chi connectivity index (χ4v) is 3.64. The number of hydrogen-bond donors (Lipinski definition) is 1. The maximum Gasteiger partial charge on any atom is 0.228 e. The van der Waals surface area contributed by atoms with Gasteiger partial charge >= 0.3 is 0 Å². The van der Waals surface area contributed by atoms with E-state index in [0.717, 1.165) is 38.5 Å². The first-order valence-corrected chi connectivity index (χ1v) is 8.63. The monoisotopic (exact) mass is 313 g/mol. The Morgan fingerprint density at radius 3 is 2.09 bits per heavy atom. The zero-order chi connectivity index (χ0) is 16.1. The molecule has 23 heavy (non-hydrogen) atoms. The molecule has 3 heteroatoms. The molecule has 0 saturated heterocycles. The molecule has 0 aromatic heterocycles. The molecule has 3 unspecified atom stereocenters. The number of para-hydroxylation sites is 1. The Bertz CT molecular complexity index is 583. The van der Waals surface area contributed by atoms with Gasteiger partial charge in [-0.25, -0.2) is 4.39 Å². The molecule has 2 aliphatic carbocycles. The average molecular weight is 313 g/mol. The number of anilines is 1. The predicted molar refractivity (Wildman–Crippen MR) is 91.5 cm³/mol. The number of benzene rings is 1. The Hall–Kier alpha value is -1.90.